The van der Waals surface area contributed by atoms with E-state index >= 15 is 0 Å². The monoisotopic (exact) mass is 409 g/mol. The third-order valence-electron chi connectivity index (χ3n) is 5.57. The summed E-state index contributed by atoms with van der Waals surface area (Å²) in [6.07, 6.45) is 2.48. The molecule has 0 N–H and O–H groups in total. The van der Waals surface area contributed by atoms with Crippen LogP contribution >= 0.6 is 0 Å². The molecule has 0 atom stereocenters. The normalized spacial score (nSPS) is 12.3. The third-order valence-corrected chi connectivity index (χ3v) is 5.57. The maximum atomic E-state index is 13.6. The highest BCUT2D eigenvalue weighted by Crippen LogP contribution is 2.31. The second-order valence-electron chi connectivity index (χ2n) is 7.70. The minimum Gasteiger partial charge on any atom is -0.492 e. The fourth-order valence-electron chi connectivity index (χ4n) is 4.04. The van der Waals surface area contributed by atoms with E-state index in [1.807, 2.05) is 59.5 Å². The molecule has 0 aliphatic carbocycles. The van der Waals surface area contributed by atoms with Crippen LogP contribution in [-0.4, -0.2) is 17.4 Å². The molecule has 0 radical (unpaired) electrons. The zero-order valence-electron chi connectivity index (χ0n) is 17.2. The van der Waals surface area contributed by atoms with Crippen LogP contribution in [0.4, 0.5) is 0 Å². The smallest absolute Gasteiger partial charge is 0.258 e. The Morgan fingerprint density at radius 1 is 0.839 bits per heavy atom. The van der Waals surface area contributed by atoms with Crippen LogP contribution in [0, 0.1) is 0 Å². The molecular weight excluding hydrogens is 386 g/mol. The summed E-state index contributed by atoms with van der Waals surface area (Å²) in [6, 6.07) is 28.1. The molecule has 31 heavy (non-hydrogen) atoms. The summed E-state index contributed by atoms with van der Waals surface area (Å²) in [6.45, 7) is 1.49. The highest BCUT2D eigenvalue weighted by atomic mass is 16.5. The molecule has 1 aliphatic heterocycles. The number of benzene rings is 3. The van der Waals surface area contributed by atoms with Crippen molar-refractivity contribution in [2.24, 2.45) is 0 Å². The first-order valence-corrected chi connectivity index (χ1v) is 10.5. The number of amides is 1. The lowest BCUT2D eigenvalue weighted by Gasteiger charge is -2.23. The number of rotatable bonds is 6. The molecule has 4 nitrogen and oxygen atoms in total. The molecule has 0 saturated carbocycles. The fourth-order valence-corrected chi connectivity index (χ4v) is 4.04. The molecule has 0 fully saturated rings. The van der Waals surface area contributed by atoms with E-state index in [0.29, 0.717) is 25.3 Å². The van der Waals surface area contributed by atoms with Crippen LogP contribution in [0.2, 0.25) is 0 Å². The van der Waals surface area contributed by atoms with E-state index in [1.54, 1.807) is 6.26 Å². The van der Waals surface area contributed by atoms with Crippen molar-refractivity contribution in [3.63, 3.8) is 0 Å². The van der Waals surface area contributed by atoms with Crippen LogP contribution in [-0.2, 0) is 19.5 Å². The van der Waals surface area contributed by atoms with Crippen LogP contribution < -0.4 is 4.74 Å². The van der Waals surface area contributed by atoms with Gasteiger partial charge in [-0.3, -0.25) is 4.79 Å². The Labute approximate surface area is 181 Å². The van der Waals surface area contributed by atoms with Crippen LogP contribution in [0.15, 0.2) is 95.6 Å². The Kier molecular flexibility index (Phi) is 5.28. The highest BCUT2D eigenvalue weighted by molar-refractivity contribution is 5.97. The van der Waals surface area contributed by atoms with Gasteiger partial charge < -0.3 is 14.1 Å². The molecule has 154 valence electrons. The lowest BCUT2D eigenvalue weighted by Crippen LogP contribution is -2.30. The number of nitrogens with zero attached hydrogens (tertiary/aromatic N) is 1. The van der Waals surface area contributed by atoms with Crippen molar-refractivity contribution in [2.45, 2.75) is 19.5 Å². The van der Waals surface area contributed by atoms with Gasteiger partial charge in [0.05, 0.1) is 25.0 Å². The van der Waals surface area contributed by atoms with Crippen molar-refractivity contribution in [1.29, 1.82) is 0 Å². The first-order valence-electron chi connectivity index (χ1n) is 10.5. The molecule has 5 rings (SSSR count). The lowest BCUT2D eigenvalue weighted by molar-refractivity contribution is 0.0714. The number of ether oxygens (including phenoxy) is 1. The van der Waals surface area contributed by atoms with E-state index in [9.17, 15) is 4.79 Å². The summed E-state index contributed by atoms with van der Waals surface area (Å²) in [4.78, 5) is 15.4. The maximum absolute atomic E-state index is 13.6. The van der Waals surface area contributed by atoms with E-state index in [4.69, 9.17) is 9.15 Å². The van der Waals surface area contributed by atoms with Gasteiger partial charge in [0.25, 0.3) is 5.91 Å². The van der Waals surface area contributed by atoms with Crippen LogP contribution in [0.3, 0.4) is 0 Å². The second kappa shape index (κ2) is 8.52. The first-order chi connectivity index (χ1) is 15.3. The topological polar surface area (TPSA) is 42.7 Å². The number of carbonyl (C=O) groups excluding carboxylic acids is 1. The number of para-hydroxylation sites is 1. The predicted octanol–water partition coefficient (Wildman–Crippen LogP) is 5.72. The zero-order valence-corrected chi connectivity index (χ0v) is 17.2. The largest absolute Gasteiger partial charge is 0.492 e. The van der Waals surface area contributed by atoms with Crippen molar-refractivity contribution in [3.05, 3.63) is 114 Å². The zero-order chi connectivity index (χ0) is 21.0. The molecule has 1 aliphatic rings. The molecule has 0 unspecified atom stereocenters. The van der Waals surface area contributed by atoms with Gasteiger partial charge in [-0.1, -0.05) is 60.7 Å². The average Bonchev–Trinajstić information content (AvgIpc) is 3.51. The summed E-state index contributed by atoms with van der Waals surface area (Å²) >= 11 is 0. The predicted molar refractivity (Wildman–Crippen MR) is 120 cm³/mol. The Balaban J connectivity index is 1.46. The van der Waals surface area contributed by atoms with Gasteiger partial charge >= 0.3 is 0 Å². The Bertz CT molecular complexity index is 1180. The van der Waals surface area contributed by atoms with Crippen molar-refractivity contribution >= 4 is 5.91 Å². The average molecular weight is 409 g/mol. The fraction of sp³-hybridized carbons (Fsp3) is 0.148. The summed E-state index contributed by atoms with van der Waals surface area (Å²) in [7, 11) is 0. The van der Waals surface area contributed by atoms with Gasteiger partial charge in [0.15, 0.2) is 0 Å². The number of carbonyl (C=O) groups is 1. The number of fused-ring (bicyclic) bond motifs is 1. The molecule has 4 heteroatoms. The standard InChI is InChI=1S/C27H23NO3/c29-27(25-13-5-10-22-14-16-31-26(22)25)28(19-24-12-6-15-30-24)18-20-7-4-11-23(17-20)21-8-2-1-3-9-21/h1-13,15,17H,14,16,18-19H2. The van der Waals surface area contributed by atoms with Crippen molar-refractivity contribution in [3.8, 4) is 16.9 Å². The van der Waals surface area contributed by atoms with E-state index < -0.39 is 0 Å². The van der Waals surface area contributed by atoms with E-state index in [0.717, 1.165) is 40.2 Å². The van der Waals surface area contributed by atoms with Gasteiger partial charge in [-0.25, -0.2) is 0 Å². The number of furan rings is 1. The highest BCUT2D eigenvalue weighted by Gasteiger charge is 2.25. The van der Waals surface area contributed by atoms with E-state index in [1.165, 1.54) is 0 Å². The summed E-state index contributed by atoms with van der Waals surface area (Å²) in [5.41, 5.74) is 5.06. The van der Waals surface area contributed by atoms with Gasteiger partial charge in [0.2, 0.25) is 0 Å². The minimum absolute atomic E-state index is 0.0553. The van der Waals surface area contributed by atoms with Gasteiger partial charge in [-0.2, -0.15) is 0 Å². The lowest BCUT2D eigenvalue weighted by atomic mass is 10.0. The molecule has 0 bridgehead atoms. The molecule has 1 amide bonds. The third kappa shape index (κ3) is 4.10. The Morgan fingerprint density at radius 3 is 2.52 bits per heavy atom. The van der Waals surface area contributed by atoms with Gasteiger partial charge in [-0.05, 0) is 46.5 Å². The van der Waals surface area contributed by atoms with Gasteiger partial charge in [0, 0.05) is 13.0 Å². The summed E-state index contributed by atoms with van der Waals surface area (Å²) in [5.74, 6) is 1.41. The second-order valence-corrected chi connectivity index (χ2v) is 7.70. The van der Waals surface area contributed by atoms with Gasteiger partial charge in [0.1, 0.15) is 11.5 Å². The first kappa shape index (κ1) is 19.2. The quantitative estimate of drug-likeness (QED) is 0.409. The Morgan fingerprint density at radius 2 is 1.68 bits per heavy atom. The molecule has 1 aromatic heterocycles. The summed E-state index contributed by atoms with van der Waals surface area (Å²) in [5, 5.41) is 0. The van der Waals surface area contributed by atoms with Crippen molar-refractivity contribution in [2.75, 3.05) is 6.61 Å². The Hall–Kier alpha value is -3.79. The SMILES string of the molecule is O=C(c1cccc2c1OCC2)N(Cc1cccc(-c2ccccc2)c1)Cc1ccco1. The maximum Gasteiger partial charge on any atom is 0.258 e. The van der Waals surface area contributed by atoms with Crippen LogP contribution in [0.5, 0.6) is 5.75 Å². The van der Waals surface area contributed by atoms with Crippen molar-refractivity contribution in [1.82, 2.24) is 4.90 Å². The molecular formula is C27H23NO3. The van der Waals surface area contributed by atoms with Gasteiger partial charge in [-0.15, -0.1) is 0 Å². The number of hydrogen-bond acceptors (Lipinski definition) is 3. The number of hydrogen-bond donors (Lipinski definition) is 0. The summed E-state index contributed by atoms with van der Waals surface area (Å²) < 4.78 is 11.3. The van der Waals surface area contributed by atoms with Crippen LogP contribution in [0.1, 0.15) is 27.2 Å². The minimum atomic E-state index is -0.0553. The molecule has 0 spiro atoms. The van der Waals surface area contributed by atoms with E-state index in [-0.39, 0.29) is 5.91 Å². The molecule has 3 aromatic carbocycles. The molecule has 2 heterocycles. The molecule has 4 aromatic rings. The van der Waals surface area contributed by atoms with E-state index in [2.05, 4.69) is 30.3 Å². The van der Waals surface area contributed by atoms with Crippen LogP contribution in [0.25, 0.3) is 11.1 Å². The molecule has 0 saturated heterocycles. The van der Waals surface area contributed by atoms with Crippen molar-refractivity contribution < 1.29 is 13.9 Å².